The van der Waals surface area contributed by atoms with Crippen LogP contribution in [0.1, 0.15) is 19.4 Å². The molecule has 2 heterocycles. The summed E-state index contributed by atoms with van der Waals surface area (Å²) < 4.78 is 40.4. The Kier molecular flexibility index (Phi) is 6.97. The third kappa shape index (κ3) is 5.62. The molecule has 1 aromatic carbocycles. The molecule has 0 aliphatic rings. The third-order valence-corrected chi connectivity index (χ3v) is 4.91. The number of nitrogens with zero attached hydrogens (tertiary/aromatic N) is 3. The van der Waals surface area contributed by atoms with Crippen LogP contribution < -0.4 is 10.6 Å². The van der Waals surface area contributed by atoms with Crippen LogP contribution in [0.3, 0.4) is 0 Å². The maximum Gasteiger partial charge on any atom is 0.418 e. The molecule has 2 aromatic heterocycles. The number of nitrogens with one attached hydrogen (secondary N) is 2. The molecule has 0 aliphatic carbocycles. The maximum atomic E-state index is 13.5. The average molecular weight is 452 g/mol. The number of pyridine rings is 1. The van der Waals surface area contributed by atoms with Crippen LogP contribution in [0, 0.1) is 5.92 Å². The second-order valence-electron chi connectivity index (χ2n) is 7.16. The third-order valence-electron chi connectivity index (χ3n) is 4.59. The molecule has 0 unspecified atom stereocenters. The molecule has 0 aliphatic heterocycles. The number of alkyl halides is 3. The summed E-state index contributed by atoms with van der Waals surface area (Å²) in [5, 5.41) is 15.3. The summed E-state index contributed by atoms with van der Waals surface area (Å²) in [4.78, 5) is 12.7. The van der Waals surface area contributed by atoms with E-state index in [1.54, 1.807) is 24.5 Å². The van der Waals surface area contributed by atoms with Crippen LogP contribution in [-0.2, 0) is 6.18 Å². The van der Waals surface area contributed by atoms with Crippen LogP contribution in [0.2, 0.25) is 5.02 Å². The zero-order valence-electron chi connectivity index (χ0n) is 16.8. The molecule has 31 heavy (non-hydrogen) atoms. The number of para-hydroxylation sites is 1. The zero-order valence-corrected chi connectivity index (χ0v) is 17.5. The van der Waals surface area contributed by atoms with Gasteiger partial charge in [0.15, 0.2) is 0 Å². The van der Waals surface area contributed by atoms with E-state index >= 15 is 0 Å². The first-order valence-electron chi connectivity index (χ1n) is 9.48. The van der Waals surface area contributed by atoms with Crippen molar-refractivity contribution in [1.82, 2.24) is 15.0 Å². The fourth-order valence-corrected chi connectivity index (χ4v) is 3.07. The van der Waals surface area contributed by atoms with Gasteiger partial charge in [-0.3, -0.25) is 4.98 Å². The smallest absolute Gasteiger partial charge is 0.394 e. The van der Waals surface area contributed by atoms with Crippen molar-refractivity contribution in [3.8, 4) is 11.3 Å². The molecule has 164 valence electrons. The Hall–Kier alpha value is -2.91. The largest absolute Gasteiger partial charge is 0.418 e. The number of anilines is 3. The highest BCUT2D eigenvalue weighted by Crippen LogP contribution is 2.40. The number of hydrogen-bond acceptors (Lipinski definition) is 6. The lowest BCUT2D eigenvalue weighted by Crippen LogP contribution is -2.30. The lowest BCUT2D eigenvalue weighted by molar-refractivity contribution is -0.136. The standard InChI is InChI=1S/C21H21ClF3N5O/c1-12(2)17(11-31)28-20-27-16(13-6-8-26-9-7-13)10-18(30-20)29-19-14(21(23,24)25)4-3-5-15(19)22/h3-10,12,17,31H,11H2,1-2H3,(H2,27,28,29,30)/t17-/m1/s1. The van der Waals surface area contributed by atoms with Gasteiger partial charge in [-0.1, -0.05) is 31.5 Å². The average Bonchev–Trinajstić information content (AvgIpc) is 2.73. The predicted octanol–water partition coefficient (Wildman–Crippen LogP) is 5.38. The first-order valence-corrected chi connectivity index (χ1v) is 9.86. The van der Waals surface area contributed by atoms with Crippen LogP contribution >= 0.6 is 11.6 Å². The van der Waals surface area contributed by atoms with Crippen molar-refractivity contribution in [2.45, 2.75) is 26.1 Å². The number of halogens is 4. The van der Waals surface area contributed by atoms with E-state index in [2.05, 4.69) is 25.6 Å². The van der Waals surface area contributed by atoms with Crippen molar-refractivity contribution in [2.75, 3.05) is 17.2 Å². The molecule has 3 aromatic rings. The minimum absolute atomic E-state index is 0.0648. The van der Waals surface area contributed by atoms with Gasteiger partial charge < -0.3 is 15.7 Å². The first-order chi connectivity index (χ1) is 14.7. The van der Waals surface area contributed by atoms with Gasteiger partial charge in [0, 0.05) is 24.0 Å². The highest BCUT2D eigenvalue weighted by Gasteiger charge is 2.34. The minimum atomic E-state index is -4.60. The van der Waals surface area contributed by atoms with E-state index in [9.17, 15) is 18.3 Å². The van der Waals surface area contributed by atoms with Gasteiger partial charge in [-0.15, -0.1) is 0 Å². The first kappa shape index (κ1) is 22.8. The molecule has 3 rings (SSSR count). The summed E-state index contributed by atoms with van der Waals surface area (Å²) in [5.74, 6) is 0.337. The number of hydrogen-bond donors (Lipinski definition) is 3. The van der Waals surface area contributed by atoms with Crippen LogP contribution in [0.5, 0.6) is 0 Å². The van der Waals surface area contributed by atoms with E-state index in [1.165, 1.54) is 18.2 Å². The molecule has 1 atom stereocenters. The van der Waals surface area contributed by atoms with E-state index in [-0.39, 0.29) is 41.0 Å². The topological polar surface area (TPSA) is 83.0 Å². The zero-order chi connectivity index (χ0) is 22.6. The van der Waals surface area contributed by atoms with Gasteiger partial charge in [-0.25, -0.2) is 4.98 Å². The van der Waals surface area contributed by atoms with E-state index in [4.69, 9.17) is 11.6 Å². The molecule has 0 amide bonds. The predicted molar refractivity (Wildman–Crippen MR) is 114 cm³/mol. The fraction of sp³-hybridized carbons (Fsp3) is 0.286. The molecular formula is C21H21ClF3N5O. The molecule has 6 nitrogen and oxygen atoms in total. The Morgan fingerprint density at radius 3 is 2.42 bits per heavy atom. The van der Waals surface area contributed by atoms with Crippen molar-refractivity contribution in [3.63, 3.8) is 0 Å². The number of aliphatic hydroxyl groups excluding tert-OH is 1. The summed E-state index contributed by atoms with van der Waals surface area (Å²) in [6, 6.07) is 8.17. The molecule has 0 saturated heterocycles. The fourth-order valence-electron chi connectivity index (χ4n) is 2.85. The van der Waals surface area contributed by atoms with Crippen molar-refractivity contribution in [3.05, 3.63) is 59.4 Å². The van der Waals surface area contributed by atoms with Crippen molar-refractivity contribution < 1.29 is 18.3 Å². The minimum Gasteiger partial charge on any atom is -0.394 e. The second-order valence-corrected chi connectivity index (χ2v) is 7.57. The highest BCUT2D eigenvalue weighted by atomic mass is 35.5. The second kappa shape index (κ2) is 9.49. The number of benzene rings is 1. The Morgan fingerprint density at radius 1 is 1.10 bits per heavy atom. The molecule has 0 spiro atoms. The quantitative estimate of drug-likeness (QED) is 0.447. The Balaban J connectivity index is 2.07. The van der Waals surface area contributed by atoms with Crippen molar-refractivity contribution >= 4 is 29.1 Å². The number of aromatic nitrogens is 3. The van der Waals surface area contributed by atoms with Crippen molar-refractivity contribution in [2.24, 2.45) is 5.92 Å². The molecular weight excluding hydrogens is 431 g/mol. The van der Waals surface area contributed by atoms with Gasteiger partial charge in [-0.2, -0.15) is 18.2 Å². The lowest BCUT2D eigenvalue weighted by Gasteiger charge is -2.21. The monoisotopic (exact) mass is 451 g/mol. The van der Waals surface area contributed by atoms with Gasteiger partial charge in [0.2, 0.25) is 5.95 Å². The van der Waals surface area contributed by atoms with Crippen LogP contribution in [0.15, 0.2) is 48.8 Å². The van der Waals surface area contributed by atoms with E-state index < -0.39 is 11.7 Å². The highest BCUT2D eigenvalue weighted by molar-refractivity contribution is 6.33. The Labute approximate surface area is 182 Å². The lowest BCUT2D eigenvalue weighted by atomic mass is 10.1. The molecule has 10 heteroatoms. The SMILES string of the molecule is CC(C)[C@@H](CO)Nc1nc(Nc2c(Cl)cccc2C(F)(F)F)cc(-c2ccncc2)n1. The van der Waals surface area contributed by atoms with Crippen LogP contribution in [0.4, 0.5) is 30.6 Å². The van der Waals surface area contributed by atoms with Gasteiger partial charge in [0.25, 0.3) is 0 Å². The van der Waals surface area contributed by atoms with Crippen molar-refractivity contribution in [1.29, 1.82) is 0 Å². The Bertz CT molecular complexity index is 1030. The van der Waals surface area contributed by atoms with Gasteiger partial charge >= 0.3 is 6.18 Å². The van der Waals surface area contributed by atoms with Crippen LogP contribution in [0.25, 0.3) is 11.3 Å². The van der Waals surface area contributed by atoms with E-state index in [1.807, 2.05) is 13.8 Å². The van der Waals surface area contributed by atoms with Crippen LogP contribution in [-0.4, -0.2) is 32.7 Å². The molecule has 0 bridgehead atoms. The normalized spacial score (nSPS) is 12.6. The molecule has 0 radical (unpaired) electrons. The van der Waals surface area contributed by atoms with Gasteiger partial charge in [0.1, 0.15) is 5.82 Å². The van der Waals surface area contributed by atoms with E-state index in [0.29, 0.717) is 11.3 Å². The van der Waals surface area contributed by atoms with E-state index in [0.717, 1.165) is 6.07 Å². The summed E-state index contributed by atoms with van der Waals surface area (Å²) in [5.41, 5.74) is -0.0502. The number of aliphatic hydroxyl groups is 1. The number of rotatable bonds is 7. The maximum absolute atomic E-state index is 13.5. The molecule has 0 fully saturated rings. The summed E-state index contributed by atoms with van der Waals surface area (Å²) >= 11 is 6.07. The summed E-state index contributed by atoms with van der Waals surface area (Å²) in [7, 11) is 0. The molecule has 0 saturated carbocycles. The summed E-state index contributed by atoms with van der Waals surface area (Å²) in [6.07, 6.45) is -1.44. The molecule has 3 N–H and O–H groups in total. The Morgan fingerprint density at radius 2 is 1.81 bits per heavy atom. The van der Waals surface area contributed by atoms with Gasteiger partial charge in [-0.05, 0) is 30.2 Å². The van der Waals surface area contributed by atoms with Gasteiger partial charge in [0.05, 0.1) is 34.6 Å². The summed E-state index contributed by atoms with van der Waals surface area (Å²) in [6.45, 7) is 3.67.